The SMILES string of the molecule is CCC(C)Nc1c(C=N)nc(N2CCN(C(C)=O)CC2)nc1NC(C)c1ccc(-c2ccccn2)cc1. The van der Waals surface area contributed by atoms with Crippen LogP contribution in [0.1, 0.15) is 51.4 Å². The highest BCUT2D eigenvalue weighted by molar-refractivity contribution is 5.89. The van der Waals surface area contributed by atoms with Gasteiger partial charge in [-0.2, -0.15) is 4.98 Å². The number of nitrogens with zero attached hydrogens (tertiary/aromatic N) is 5. The molecular formula is C28H36N8O. The second kappa shape index (κ2) is 11.8. The number of nitrogens with one attached hydrogen (secondary N) is 3. The summed E-state index contributed by atoms with van der Waals surface area (Å²) in [6, 6.07) is 14.4. The van der Waals surface area contributed by atoms with Crippen LogP contribution in [-0.2, 0) is 4.79 Å². The fourth-order valence-electron chi connectivity index (χ4n) is 4.29. The van der Waals surface area contributed by atoms with E-state index < -0.39 is 0 Å². The average Bonchev–Trinajstić information content (AvgIpc) is 2.94. The number of anilines is 3. The van der Waals surface area contributed by atoms with Crippen LogP contribution in [0, 0.1) is 5.41 Å². The number of hydrogen-bond acceptors (Lipinski definition) is 8. The lowest BCUT2D eigenvalue weighted by Gasteiger charge is -2.34. The number of pyridine rings is 1. The number of amides is 1. The van der Waals surface area contributed by atoms with Crippen molar-refractivity contribution >= 4 is 29.6 Å². The molecule has 2 aromatic heterocycles. The molecule has 37 heavy (non-hydrogen) atoms. The van der Waals surface area contributed by atoms with E-state index in [2.05, 4.69) is 65.6 Å². The van der Waals surface area contributed by atoms with Gasteiger partial charge in [0.15, 0.2) is 5.82 Å². The maximum atomic E-state index is 11.8. The van der Waals surface area contributed by atoms with E-state index in [-0.39, 0.29) is 18.0 Å². The molecule has 194 valence electrons. The van der Waals surface area contributed by atoms with Crippen LogP contribution in [0.4, 0.5) is 17.5 Å². The summed E-state index contributed by atoms with van der Waals surface area (Å²) >= 11 is 0. The first kappa shape index (κ1) is 26.1. The van der Waals surface area contributed by atoms with E-state index in [4.69, 9.17) is 15.4 Å². The van der Waals surface area contributed by atoms with E-state index in [1.807, 2.05) is 23.1 Å². The van der Waals surface area contributed by atoms with Crippen molar-refractivity contribution in [3.05, 3.63) is 59.9 Å². The van der Waals surface area contributed by atoms with Crippen LogP contribution in [0.3, 0.4) is 0 Å². The Bertz CT molecular complexity index is 1210. The molecule has 2 unspecified atom stereocenters. The average molecular weight is 501 g/mol. The topological polar surface area (TPSA) is 110 Å². The molecule has 9 heteroatoms. The molecule has 0 radical (unpaired) electrons. The minimum Gasteiger partial charge on any atom is -0.378 e. The van der Waals surface area contributed by atoms with Gasteiger partial charge in [-0.1, -0.05) is 37.3 Å². The van der Waals surface area contributed by atoms with Crippen molar-refractivity contribution in [3.63, 3.8) is 0 Å². The summed E-state index contributed by atoms with van der Waals surface area (Å²) in [5, 5.41) is 15.1. The predicted octanol–water partition coefficient (Wildman–Crippen LogP) is 4.59. The van der Waals surface area contributed by atoms with E-state index in [0.717, 1.165) is 28.9 Å². The minimum absolute atomic E-state index is 0.0360. The molecule has 1 aliphatic heterocycles. The van der Waals surface area contributed by atoms with Gasteiger partial charge >= 0.3 is 0 Å². The number of hydrogen-bond donors (Lipinski definition) is 3. The maximum Gasteiger partial charge on any atom is 0.228 e. The molecule has 1 saturated heterocycles. The molecule has 0 aliphatic carbocycles. The Labute approximate surface area is 218 Å². The summed E-state index contributed by atoms with van der Waals surface area (Å²) in [5.41, 5.74) is 4.39. The third-order valence-corrected chi connectivity index (χ3v) is 6.80. The number of carbonyl (C=O) groups is 1. The maximum absolute atomic E-state index is 11.8. The van der Waals surface area contributed by atoms with Gasteiger partial charge in [0.25, 0.3) is 0 Å². The van der Waals surface area contributed by atoms with Crippen LogP contribution in [0.15, 0.2) is 48.7 Å². The minimum atomic E-state index is -0.0360. The van der Waals surface area contributed by atoms with Crippen molar-refractivity contribution in [1.29, 1.82) is 5.41 Å². The first-order chi connectivity index (χ1) is 17.9. The third-order valence-electron chi connectivity index (χ3n) is 6.80. The number of rotatable bonds is 9. The summed E-state index contributed by atoms with van der Waals surface area (Å²) in [6.45, 7) is 10.5. The van der Waals surface area contributed by atoms with Crippen LogP contribution < -0.4 is 15.5 Å². The van der Waals surface area contributed by atoms with Crippen LogP contribution >= 0.6 is 0 Å². The fraction of sp³-hybridized carbons (Fsp3) is 0.393. The molecular weight excluding hydrogens is 464 g/mol. The standard InChI is InChI=1S/C28H36N8O/c1-5-19(2)31-26-25(18-29)33-28(36-16-14-35(15-17-36)21(4)37)34-27(26)32-20(3)22-9-11-23(12-10-22)24-8-6-7-13-30-24/h6-13,18-20,29,31H,5,14-17H2,1-4H3,(H,32,33,34). The zero-order valence-corrected chi connectivity index (χ0v) is 22.0. The quantitative estimate of drug-likeness (QED) is 0.369. The second-order valence-corrected chi connectivity index (χ2v) is 9.43. The van der Waals surface area contributed by atoms with Crippen LogP contribution in [-0.4, -0.2) is 64.2 Å². The molecule has 0 saturated carbocycles. The molecule has 0 spiro atoms. The van der Waals surface area contributed by atoms with Crippen LogP contribution in [0.25, 0.3) is 11.3 Å². The van der Waals surface area contributed by atoms with Gasteiger partial charge in [0.1, 0.15) is 11.4 Å². The molecule has 4 rings (SSSR count). The lowest BCUT2D eigenvalue weighted by atomic mass is 10.0. The van der Waals surface area contributed by atoms with Gasteiger partial charge in [0, 0.05) is 57.1 Å². The second-order valence-electron chi connectivity index (χ2n) is 9.43. The van der Waals surface area contributed by atoms with Crippen molar-refractivity contribution in [2.24, 2.45) is 0 Å². The van der Waals surface area contributed by atoms with Crippen molar-refractivity contribution in [3.8, 4) is 11.3 Å². The van der Waals surface area contributed by atoms with Gasteiger partial charge in [-0.3, -0.25) is 9.78 Å². The number of aromatic nitrogens is 3. The number of carbonyl (C=O) groups excluding carboxylic acids is 1. The van der Waals surface area contributed by atoms with Crippen LogP contribution in [0.5, 0.6) is 0 Å². The Kier molecular flexibility index (Phi) is 8.32. The summed E-state index contributed by atoms with van der Waals surface area (Å²) in [7, 11) is 0. The van der Waals surface area contributed by atoms with Gasteiger partial charge in [-0.25, -0.2) is 4.98 Å². The molecule has 3 heterocycles. The van der Waals surface area contributed by atoms with Crippen molar-refractivity contribution in [1.82, 2.24) is 19.9 Å². The first-order valence-electron chi connectivity index (χ1n) is 12.9. The molecule has 3 N–H and O–H groups in total. The molecule has 1 fully saturated rings. The Balaban J connectivity index is 1.61. The third kappa shape index (κ3) is 6.22. The zero-order chi connectivity index (χ0) is 26.4. The lowest BCUT2D eigenvalue weighted by Crippen LogP contribution is -2.48. The van der Waals surface area contributed by atoms with Crippen molar-refractivity contribution in [2.45, 2.75) is 46.2 Å². The van der Waals surface area contributed by atoms with E-state index in [1.54, 1.807) is 13.1 Å². The molecule has 9 nitrogen and oxygen atoms in total. The Morgan fingerprint density at radius 1 is 1.05 bits per heavy atom. The lowest BCUT2D eigenvalue weighted by molar-refractivity contribution is -0.129. The Morgan fingerprint density at radius 3 is 2.38 bits per heavy atom. The van der Waals surface area contributed by atoms with E-state index in [9.17, 15) is 4.79 Å². The van der Waals surface area contributed by atoms with E-state index >= 15 is 0 Å². The van der Waals surface area contributed by atoms with E-state index in [0.29, 0.717) is 43.6 Å². The van der Waals surface area contributed by atoms with Crippen LogP contribution in [0.2, 0.25) is 0 Å². The zero-order valence-electron chi connectivity index (χ0n) is 22.0. The molecule has 2 atom stereocenters. The summed E-state index contributed by atoms with van der Waals surface area (Å²) < 4.78 is 0. The monoisotopic (exact) mass is 500 g/mol. The van der Waals surface area contributed by atoms with Gasteiger partial charge in [0.05, 0.1) is 11.7 Å². The van der Waals surface area contributed by atoms with Gasteiger partial charge in [-0.15, -0.1) is 0 Å². The molecule has 1 amide bonds. The summed E-state index contributed by atoms with van der Waals surface area (Å²) in [5.74, 6) is 1.31. The van der Waals surface area contributed by atoms with Crippen molar-refractivity contribution in [2.75, 3.05) is 41.7 Å². The Morgan fingerprint density at radius 2 is 1.78 bits per heavy atom. The Hall–Kier alpha value is -4.01. The van der Waals surface area contributed by atoms with Gasteiger partial charge in [-0.05, 0) is 38.0 Å². The summed E-state index contributed by atoms with van der Waals surface area (Å²) in [6.07, 6.45) is 4.00. The van der Waals surface area contributed by atoms with E-state index in [1.165, 1.54) is 6.21 Å². The smallest absolute Gasteiger partial charge is 0.228 e. The highest BCUT2D eigenvalue weighted by Crippen LogP contribution is 2.30. The van der Waals surface area contributed by atoms with Crippen molar-refractivity contribution < 1.29 is 4.79 Å². The largest absolute Gasteiger partial charge is 0.378 e. The normalized spacial score (nSPS) is 15.1. The molecule has 1 aromatic carbocycles. The molecule has 3 aromatic rings. The fourth-order valence-corrected chi connectivity index (χ4v) is 4.29. The highest BCUT2D eigenvalue weighted by atomic mass is 16.2. The van der Waals surface area contributed by atoms with Gasteiger partial charge < -0.3 is 25.8 Å². The van der Waals surface area contributed by atoms with Gasteiger partial charge in [0.2, 0.25) is 11.9 Å². The number of piperazine rings is 1. The summed E-state index contributed by atoms with van der Waals surface area (Å²) in [4.78, 5) is 29.7. The number of benzene rings is 1. The highest BCUT2D eigenvalue weighted by Gasteiger charge is 2.24. The predicted molar refractivity (Wildman–Crippen MR) is 149 cm³/mol. The molecule has 0 bridgehead atoms. The molecule has 1 aliphatic rings. The first-order valence-corrected chi connectivity index (χ1v) is 12.9.